The number of carboxylic acids is 1. The molecule has 0 aromatic heterocycles. The molecular weight excluding hydrogens is 186 g/mol. The summed E-state index contributed by atoms with van der Waals surface area (Å²) in [5.74, 6) is -1.64. The van der Waals surface area contributed by atoms with Gasteiger partial charge in [0.2, 0.25) is 5.91 Å². The number of methoxy groups -OCH3 is 1. The first kappa shape index (κ1) is 12.9. The molecule has 0 radical (unpaired) electrons. The van der Waals surface area contributed by atoms with Gasteiger partial charge in [0.25, 0.3) is 0 Å². The van der Waals surface area contributed by atoms with Crippen molar-refractivity contribution in [2.45, 2.75) is 26.8 Å². The molecule has 1 amide bonds. The minimum atomic E-state index is -1.40. The Morgan fingerprint density at radius 1 is 1.50 bits per heavy atom. The van der Waals surface area contributed by atoms with E-state index in [1.54, 1.807) is 6.92 Å². The Balaban J connectivity index is 4.27. The molecule has 0 aliphatic carbocycles. The fourth-order valence-corrected chi connectivity index (χ4v) is 0.793. The van der Waals surface area contributed by atoms with Crippen LogP contribution in [-0.4, -0.2) is 36.7 Å². The SMILES string of the molecule is COCC(C)NC(=O)C(C)(C)C(=O)O. The van der Waals surface area contributed by atoms with Crippen LogP contribution in [0.3, 0.4) is 0 Å². The molecule has 0 fully saturated rings. The highest BCUT2D eigenvalue weighted by Gasteiger charge is 2.36. The minimum absolute atomic E-state index is 0.189. The maximum atomic E-state index is 11.4. The maximum absolute atomic E-state index is 11.4. The Bertz CT molecular complexity index is 225. The first-order valence-corrected chi connectivity index (χ1v) is 4.35. The van der Waals surface area contributed by atoms with Crippen molar-refractivity contribution in [2.24, 2.45) is 5.41 Å². The summed E-state index contributed by atoms with van der Waals surface area (Å²) in [5.41, 5.74) is -1.40. The molecule has 0 bridgehead atoms. The number of carbonyl (C=O) groups excluding carboxylic acids is 1. The minimum Gasteiger partial charge on any atom is -0.480 e. The molecule has 0 rings (SSSR count). The largest absolute Gasteiger partial charge is 0.480 e. The van der Waals surface area contributed by atoms with E-state index in [0.29, 0.717) is 6.61 Å². The number of carbonyl (C=O) groups is 2. The molecule has 5 heteroatoms. The molecule has 0 aliphatic heterocycles. The van der Waals surface area contributed by atoms with Gasteiger partial charge in [-0.15, -0.1) is 0 Å². The van der Waals surface area contributed by atoms with E-state index in [1.807, 2.05) is 0 Å². The molecule has 0 saturated carbocycles. The lowest BCUT2D eigenvalue weighted by atomic mass is 9.92. The fourth-order valence-electron chi connectivity index (χ4n) is 0.793. The van der Waals surface area contributed by atoms with Crippen molar-refractivity contribution in [3.05, 3.63) is 0 Å². The molecule has 0 aliphatic rings. The zero-order valence-electron chi connectivity index (χ0n) is 8.96. The van der Waals surface area contributed by atoms with Crippen molar-refractivity contribution in [1.82, 2.24) is 5.32 Å². The molecule has 1 atom stereocenters. The summed E-state index contributed by atoms with van der Waals surface area (Å²) in [6.45, 7) is 4.84. The zero-order valence-corrected chi connectivity index (χ0v) is 8.96. The summed E-state index contributed by atoms with van der Waals surface area (Å²) in [6, 6.07) is -0.189. The second kappa shape index (κ2) is 4.95. The van der Waals surface area contributed by atoms with Gasteiger partial charge in [0.15, 0.2) is 0 Å². The number of amides is 1. The predicted molar refractivity (Wildman–Crippen MR) is 50.9 cm³/mol. The monoisotopic (exact) mass is 203 g/mol. The lowest BCUT2D eigenvalue weighted by Gasteiger charge is -2.21. The van der Waals surface area contributed by atoms with Gasteiger partial charge in [0.05, 0.1) is 6.61 Å². The van der Waals surface area contributed by atoms with E-state index in [1.165, 1.54) is 21.0 Å². The van der Waals surface area contributed by atoms with Gasteiger partial charge in [0, 0.05) is 13.2 Å². The average molecular weight is 203 g/mol. The summed E-state index contributed by atoms with van der Waals surface area (Å²) in [4.78, 5) is 22.2. The Hall–Kier alpha value is -1.10. The van der Waals surface area contributed by atoms with E-state index in [0.717, 1.165) is 0 Å². The van der Waals surface area contributed by atoms with E-state index in [9.17, 15) is 9.59 Å². The van der Waals surface area contributed by atoms with Gasteiger partial charge in [-0.3, -0.25) is 9.59 Å². The van der Waals surface area contributed by atoms with E-state index in [4.69, 9.17) is 9.84 Å². The van der Waals surface area contributed by atoms with Gasteiger partial charge in [-0.1, -0.05) is 0 Å². The van der Waals surface area contributed by atoms with Crippen LogP contribution in [0.4, 0.5) is 0 Å². The topological polar surface area (TPSA) is 75.6 Å². The van der Waals surface area contributed by atoms with Crippen LogP contribution in [-0.2, 0) is 14.3 Å². The lowest BCUT2D eigenvalue weighted by molar-refractivity contribution is -0.153. The van der Waals surface area contributed by atoms with E-state index >= 15 is 0 Å². The van der Waals surface area contributed by atoms with Crippen molar-refractivity contribution in [3.63, 3.8) is 0 Å². The molecule has 1 unspecified atom stereocenters. The van der Waals surface area contributed by atoms with Crippen molar-refractivity contribution in [3.8, 4) is 0 Å². The predicted octanol–water partition coefficient (Wildman–Crippen LogP) is 0.248. The maximum Gasteiger partial charge on any atom is 0.318 e. The van der Waals surface area contributed by atoms with Crippen LogP contribution in [0.25, 0.3) is 0 Å². The van der Waals surface area contributed by atoms with E-state index < -0.39 is 17.3 Å². The molecule has 5 nitrogen and oxygen atoms in total. The number of hydrogen-bond acceptors (Lipinski definition) is 3. The van der Waals surface area contributed by atoms with Gasteiger partial charge in [-0.25, -0.2) is 0 Å². The Kier molecular flexibility index (Phi) is 4.56. The summed E-state index contributed by atoms with van der Waals surface area (Å²) < 4.78 is 4.82. The van der Waals surface area contributed by atoms with Crippen molar-refractivity contribution < 1.29 is 19.4 Å². The Labute approximate surface area is 83.4 Å². The van der Waals surface area contributed by atoms with Gasteiger partial charge in [-0.05, 0) is 20.8 Å². The number of rotatable bonds is 5. The first-order valence-electron chi connectivity index (χ1n) is 4.35. The molecule has 0 spiro atoms. The van der Waals surface area contributed by atoms with Crippen LogP contribution in [0.15, 0.2) is 0 Å². The van der Waals surface area contributed by atoms with Crippen molar-refractivity contribution >= 4 is 11.9 Å². The molecule has 14 heavy (non-hydrogen) atoms. The number of hydrogen-bond donors (Lipinski definition) is 2. The number of nitrogens with one attached hydrogen (secondary N) is 1. The summed E-state index contributed by atoms with van der Waals surface area (Å²) >= 11 is 0. The highest BCUT2D eigenvalue weighted by atomic mass is 16.5. The summed E-state index contributed by atoms with van der Waals surface area (Å²) in [5, 5.41) is 11.3. The highest BCUT2D eigenvalue weighted by molar-refractivity contribution is 6.01. The van der Waals surface area contributed by atoms with Crippen LogP contribution in [0.5, 0.6) is 0 Å². The average Bonchev–Trinajstić information content (AvgIpc) is 2.03. The van der Waals surface area contributed by atoms with E-state index in [2.05, 4.69) is 5.32 Å². The third-order valence-corrected chi connectivity index (χ3v) is 1.90. The van der Waals surface area contributed by atoms with Crippen LogP contribution < -0.4 is 5.32 Å². The lowest BCUT2D eigenvalue weighted by Crippen LogP contribution is -2.46. The third kappa shape index (κ3) is 3.33. The molecular formula is C9H17NO4. The van der Waals surface area contributed by atoms with Gasteiger partial charge < -0.3 is 15.2 Å². The highest BCUT2D eigenvalue weighted by Crippen LogP contribution is 2.15. The number of ether oxygens (including phenoxy) is 1. The smallest absolute Gasteiger partial charge is 0.318 e. The standard InChI is InChI=1S/C9H17NO4/c1-6(5-14-4)10-7(11)9(2,3)8(12)13/h6H,5H2,1-4H3,(H,10,11)(H,12,13). The van der Waals surface area contributed by atoms with Crippen molar-refractivity contribution in [1.29, 1.82) is 0 Å². The quantitative estimate of drug-likeness (QED) is 0.628. The van der Waals surface area contributed by atoms with Gasteiger partial charge in [0.1, 0.15) is 5.41 Å². The zero-order chi connectivity index (χ0) is 11.4. The second-order valence-corrected chi connectivity index (χ2v) is 3.76. The molecule has 0 heterocycles. The number of aliphatic carboxylic acids is 1. The Morgan fingerprint density at radius 3 is 2.36 bits per heavy atom. The molecule has 0 aromatic rings. The van der Waals surface area contributed by atoms with Crippen LogP contribution in [0.2, 0.25) is 0 Å². The number of carboxylic acid groups (broad SMARTS) is 1. The third-order valence-electron chi connectivity index (χ3n) is 1.90. The molecule has 0 saturated heterocycles. The summed E-state index contributed by atoms with van der Waals surface area (Å²) in [7, 11) is 1.52. The van der Waals surface area contributed by atoms with E-state index in [-0.39, 0.29) is 6.04 Å². The van der Waals surface area contributed by atoms with Crippen LogP contribution in [0, 0.1) is 5.41 Å². The molecule has 0 aromatic carbocycles. The van der Waals surface area contributed by atoms with Crippen LogP contribution >= 0.6 is 0 Å². The van der Waals surface area contributed by atoms with Crippen molar-refractivity contribution in [2.75, 3.05) is 13.7 Å². The molecule has 2 N–H and O–H groups in total. The fraction of sp³-hybridized carbons (Fsp3) is 0.778. The second-order valence-electron chi connectivity index (χ2n) is 3.76. The Morgan fingerprint density at radius 2 is 2.00 bits per heavy atom. The van der Waals surface area contributed by atoms with Gasteiger partial charge >= 0.3 is 5.97 Å². The normalized spacial score (nSPS) is 13.4. The van der Waals surface area contributed by atoms with Crippen LogP contribution in [0.1, 0.15) is 20.8 Å². The first-order chi connectivity index (χ1) is 6.32. The summed E-state index contributed by atoms with van der Waals surface area (Å²) in [6.07, 6.45) is 0. The molecule has 82 valence electrons. The van der Waals surface area contributed by atoms with Gasteiger partial charge in [-0.2, -0.15) is 0 Å².